The van der Waals surface area contributed by atoms with Crippen LogP contribution in [-0.4, -0.2) is 22.9 Å². The number of carbonyl (C=O) groups is 1. The molecule has 4 heteroatoms. The summed E-state index contributed by atoms with van der Waals surface area (Å²) in [5.41, 5.74) is 2.49. The second-order valence-electron chi connectivity index (χ2n) is 5.77. The number of hydrogen-bond acceptors (Lipinski definition) is 3. The number of benzene rings is 3. The lowest BCUT2D eigenvalue weighted by Crippen LogP contribution is -2.01. The van der Waals surface area contributed by atoms with Crippen LogP contribution in [0.5, 0.6) is 0 Å². The average Bonchev–Trinajstić information content (AvgIpc) is 3.02. The Hall–Kier alpha value is -3.14. The molecular weight excluding hydrogens is 300 g/mol. The number of esters is 1. The van der Waals surface area contributed by atoms with Gasteiger partial charge in [0.1, 0.15) is 0 Å². The number of rotatable bonds is 3. The van der Waals surface area contributed by atoms with Crippen molar-refractivity contribution in [1.29, 1.82) is 0 Å². The maximum Gasteiger partial charge on any atom is 0.337 e. The van der Waals surface area contributed by atoms with Gasteiger partial charge < -0.3 is 4.74 Å². The Balaban J connectivity index is 1.66. The van der Waals surface area contributed by atoms with E-state index in [1.165, 1.54) is 23.4 Å². The Labute approximate surface area is 139 Å². The van der Waals surface area contributed by atoms with Crippen LogP contribution in [0.2, 0.25) is 0 Å². The highest BCUT2D eigenvalue weighted by Crippen LogP contribution is 2.19. The van der Waals surface area contributed by atoms with E-state index in [-0.39, 0.29) is 5.97 Å². The zero-order valence-corrected chi connectivity index (χ0v) is 13.3. The molecule has 0 atom stereocenters. The summed E-state index contributed by atoms with van der Waals surface area (Å²) in [5, 5.41) is 8.03. The van der Waals surface area contributed by atoms with Crippen molar-refractivity contribution < 1.29 is 9.53 Å². The number of hydrogen-bond donors (Lipinski definition) is 0. The number of aromatic nitrogens is 2. The molecule has 3 aromatic carbocycles. The summed E-state index contributed by atoms with van der Waals surface area (Å²) in [6.07, 6.45) is 1.99. The largest absolute Gasteiger partial charge is 0.465 e. The van der Waals surface area contributed by atoms with Crippen LogP contribution < -0.4 is 0 Å². The van der Waals surface area contributed by atoms with Gasteiger partial charge in [0.25, 0.3) is 0 Å². The van der Waals surface area contributed by atoms with Crippen LogP contribution in [0.15, 0.2) is 66.9 Å². The molecule has 0 spiro atoms. The molecular formula is C20H16N2O2. The van der Waals surface area contributed by atoms with E-state index in [2.05, 4.69) is 35.4 Å². The Kier molecular flexibility index (Phi) is 3.50. The van der Waals surface area contributed by atoms with Crippen molar-refractivity contribution in [2.24, 2.45) is 0 Å². The van der Waals surface area contributed by atoms with Crippen LogP contribution in [0.4, 0.5) is 0 Å². The van der Waals surface area contributed by atoms with Crippen molar-refractivity contribution in [2.75, 3.05) is 7.11 Å². The first kappa shape index (κ1) is 14.5. The lowest BCUT2D eigenvalue weighted by molar-refractivity contribution is 0.0601. The smallest absolute Gasteiger partial charge is 0.337 e. The lowest BCUT2D eigenvalue weighted by atomic mass is 10.1. The van der Waals surface area contributed by atoms with E-state index in [1.54, 1.807) is 12.1 Å². The molecule has 0 aliphatic carbocycles. The minimum absolute atomic E-state index is 0.346. The third-order valence-electron chi connectivity index (χ3n) is 4.13. The third-order valence-corrected chi connectivity index (χ3v) is 4.13. The maximum atomic E-state index is 11.6. The molecule has 0 aliphatic rings. The van der Waals surface area contributed by atoms with Crippen molar-refractivity contribution in [3.8, 4) is 0 Å². The molecule has 0 saturated carbocycles. The van der Waals surface area contributed by atoms with Crippen molar-refractivity contribution in [1.82, 2.24) is 9.78 Å². The Morgan fingerprint density at radius 2 is 1.79 bits per heavy atom. The summed E-state index contributed by atoms with van der Waals surface area (Å²) < 4.78 is 6.65. The molecule has 118 valence electrons. The second kappa shape index (κ2) is 5.81. The number of carbonyl (C=O) groups excluding carboxylic acids is 1. The minimum atomic E-state index is -0.346. The van der Waals surface area contributed by atoms with Gasteiger partial charge in [0, 0.05) is 11.6 Å². The molecule has 0 amide bonds. The summed E-state index contributed by atoms with van der Waals surface area (Å²) >= 11 is 0. The van der Waals surface area contributed by atoms with Crippen molar-refractivity contribution >= 4 is 27.6 Å². The quantitative estimate of drug-likeness (QED) is 0.536. The number of methoxy groups -OCH3 is 1. The molecule has 0 unspecified atom stereocenters. The van der Waals surface area contributed by atoms with E-state index < -0.39 is 0 Å². The summed E-state index contributed by atoms with van der Waals surface area (Å²) in [6, 6.07) is 20.2. The van der Waals surface area contributed by atoms with Gasteiger partial charge in [-0.3, -0.25) is 4.68 Å². The molecule has 0 bridgehead atoms. The standard InChI is InChI=1S/C20H16N2O2/c1-24-20(23)17-8-9-18-13-22(21-19(18)11-17)12-14-6-7-15-4-2-3-5-16(15)10-14/h2-11,13H,12H2,1H3. The van der Waals surface area contributed by atoms with Gasteiger partial charge in [-0.25, -0.2) is 4.79 Å². The number of nitrogens with zero attached hydrogens (tertiary/aromatic N) is 2. The maximum absolute atomic E-state index is 11.6. The molecule has 0 radical (unpaired) electrons. The molecule has 1 heterocycles. The Morgan fingerprint density at radius 1 is 1.00 bits per heavy atom. The van der Waals surface area contributed by atoms with Crippen molar-refractivity contribution in [3.05, 3.63) is 78.0 Å². The van der Waals surface area contributed by atoms with E-state index in [0.717, 1.165) is 10.9 Å². The summed E-state index contributed by atoms with van der Waals surface area (Å²) in [7, 11) is 1.38. The average molecular weight is 316 g/mol. The predicted molar refractivity (Wildman–Crippen MR) is 94.1 cm³/mol. The zero-order valence-electron chi connectivity index (χ0n) is 13.3. The molecule has 1 aromatic heterocycles. The molecule has 4 aromatic rings. The zero-order chi connectivity index (χ0) is 16.5. The van der Waals surface area contributed by atoms with Gasteiger partial charge in [0.2, 0.25) is 0 Å². The first-order valence-corrected chi connectivity index (χ1v) is 7.76. The molecule has 0 saturated heterocycles. The van der Waals surface area contributed by atoms with Crippen molar-refractivity contribution in [2.45, 2.75) is 6.54 Å². The van der Waals surface area contributed by atoms with Gasteiger partial charge in [0.15, 0.2) is 0 Å². The SMILES string of the molecule is COC(=O)c1ccc2cn(Cc3ccc4ccccc4c3)nc2c1. The van der Waals surface area contributed by atoms with Crippen LogP contribution in [0.25, 0.3) is 21.7 Å². The fourth-order valence-corrected chi connectivity index (χ4v) is 2.92. The van der Waals surface area contributed by atoms with Crippen LogP contribution >= 0.6 is 0 Å². The molecule has 0 aliphatic heterocycles. The van der Waals surface area contributed by atoms with E-state index in [0.29, 0.717) is 12.1 Å². The second-order valence-corrected chi connectivity index (χ2v) is 5.77. The van der Waals surface area contributed by atoms with E-state index >= 15 is 0 Å². The highest BCUT2D eigenvalue weighted by Gasteiger charge is 2.08. The van der Waals surface area contributed by atoms with Crippen LogP contribution in [0.3, 0.4) is 0 Å². The fourth-order valence-electron chi connectivity index (χ4n) is 2.92. The van der Waals surface area contributed by atoms with Gasteiger partial charge >= 0.3 is 5.97 Å². The van der Waals surface area contributed by atoms with E-state index in [9.17, 15) is 4.79 Å². The topological polar surface area (TPSA) is 44.1 Å². The number of fused-ring (bicyclic) bond motifs is 2. The van der Waals surface area contributed by atoms with Crippen molar-refractivity contribution in [3.63, 3.8) is 0 Å². The molecule has 24 heavy (non-hydrogen) atoms. The molecule has 0 N–H and O–H groups in total. The van der Waals surface area contributed by atoms with E-state index in [4.69, 9.17) is 4.74 Å². The van der Waals surface area contributed by atoms with Gasteiger partial charge in [0.05, 0.1) is 24.7 Å². The summed E-state index contributed by atoms with van der Waals surface area (Å²) in [5.74, 6) is -0.346. The molecule has 0 fully saturated rings. The molecule has 4 rings (SSSR count). The van der Waals surface area contributed by atoms with Crippen LogP contribution in [0.1, 0.15) is 15.9 Å². The fraction of sp³-hybridized carbons (Fsp3) is 0.100. The van der Waals surface area contributed by atoms with Gasteiger partial charge in [-0.05, 0) is 34.5 Å². The Bertz CT molecular complexity index is 1050. The van der Waals surface area contributed by atoms with Crippen LogP contribution in [-0.2, 0) is 11.3 Å². The first-order valence-electron chi connectivity index (χ1n) is 7.76. The predicted octanol–water partition coefficient (Wildman–Crippen LogP) is 4.02. The first-order chi connectivity index (χ1) is 11.7. The monoisotopic (exact) mass is 316 g/mol. The normalized spacial score (nSPS) is 11.0. The summed E-state index contributed by atoms with van der Waals surface area (Å²) in [6.45, 7) is 0.688. The Morgan fingerprint density at radius 3 is 2.62 bits per heavy atom. The highest BCUT2D eigenvalue weighted by atomic mass is 16.5. The number of ether oxygens (including phenoxy) is 1. The van der Waals surface area contributed by atoms with E-state index in [1.807, 2.05) is 29.1 Å². The molecule has 4 nitrogen and oxygen atoms in total. The highest BCUT2D eigenvalue weighted by molar-refractivity contribution is 5.94. The van der Waals surface area contributed by atoms with Gasteiger partial charge in [-0.2, -0.15) is 5.10 Å². The van der Waals surface area contributed by atoms with Gasteiger partial charge in [-0.15, -0.1) is 0 Å². The van der Waals surface area contributed by atoms with Crippen LogP contribution in [0, 0.1) is 0 Å². The summed E-state index contributed by atoms with van der Waals surface area (Å²) in [4.78, 5) is 11.6. The lowest BCUT2D eigenvalue weighted by Gasteiger charge is -2.04. The third kappa shape index (κ3) is 2.63. The minimum Gasteiger partial charge on any atom is -0.465 e. The van der Waals surface area contributed by atoms with Gasteiger partial charge in [-0.1, -0.05) is 42.5 Å².